The van der Waals surface area contributed by atoms with Crippen molar-refractivity contribution < 1.29 is 9.52 Å². The molecule has 2 heterocycles. The number of nitrogens with zero attached hydrogens (tertiary/aromatic N) is 1. The van der Waals surface area contributed by atoms with Crippen LogP contribution in [0.2, 0.25) is 0 Å². The number of hydrogen-bond acceptors (Lipinski definition) is 4. The van der Waals surface area contributed by atoms with Crippen LogP contribution >= 0.6 is 0 Å². The lowest BCUT2D eigenvalue weighted by Crippen LogP contribution is -2.02. The van der Waals surface area contributed by atoms with Crippen molar-refractivity contribution in [2.24, 2.45) is 0 Å². The summed E-state index contributed by atoms with van der Waals surface area (Å²) in [6, 6.07) is 6.34. The molecule has 0 aliphatic heterocycles. The van der Waals surface area contributed by atoms with Gasteiger partial charge >= 0.3 is 5.63 Å². The van der Waals surface area contributed by atoms with E-state index in [4.69, 9.17) is 4.42 Å². The molecule has 17 heavy (non-hydrogen) atoms. The maximum absolute atomic E-state index is 11.7. The second kappa shape index (κ2) is 3.48. The van der Waals surface area contributed by atoms with Gasteiger partial charge in [-0.3, -0.25) is 0 Å². The fourth-order valence-corrected chi connectivity index (χ4v) is 1.69. The molecule has 0 spiro atoms. The number of phenolic OH excluding ortho intramolecular Hbond substituents is 1. The van der Waals surface area contributed by atoms with Crippen LogP contribution in [0.15, 0.2) is 46.0 Å². The van der Waals surface area contributed by atoms with Crippen LogP contribution < -0.4 is 5.63 Å². The Labute approximate surface area is 95.4 Å². The average molecular weight is 228 g/mol. The molecule has 84 valence electrons. The molecule has 0 unspecified atom stereocenters. The number of nitrogens with one attached hydrogen (secondary N) is 1. The Morgan fingerprint density at radius 3 is 2.94 bits per heavy atom. The fraction of sp³-hybridized carbons (Fsp3) is 0. The van der Waals surface area contributed by atoms with Gasteiger partial charge in [-0.1, -0.05) is 0 Å². The van der Waals surface area contributed by atoms with Gasteiger partial charge in [0.2, 0.25) is 0 Å². The summed E-state index contributed by atoms with van der Waals surface area (Å²) in [6.07, 6.45) is 3.05. The van der Waals surface area contributed by atoms with Crippen molar-refractivity contribution in [2.45, 2.75) is 0 Å². The molecule has 3 rings (SSSR count). The molecule has 0 aliphatic carbocycles. The van der Waals surface area contributed by atoms with Crippen LogP contribution in [0, 0.1) is 0 Å². The molecule has 0 aliphatic rings. The minimum atomic E-state index is -0.465. The summed E-state index contributed by atoms with van der Waals surface area (Å²) in [5.74, 6) is 0.0648. The van der Waals surface area contributed by atoms with Crippen molar-refractivity contribution in [3.8, 4) is 17.0 Å². The second-order valence-corrected chi connectivity index (χ2v) is 3.63. The van der Waals surface area contributed by atoms with Crippen LogP contribution in [-0.2, 0) is 0 Å². The van der Waals surface area contributed by atoms with Crippen LogP contribution in [0.4, 0.5) is 0 Å². The highest BCUT2D eigenvalue weighted by molar-refractivity contribution is 5.81. The topological polar surface area (TPSA) is 79.1 Å². The zero-order valence-corrected chi connectivity index (χ0v) is 8.68. The van der Waals surface area contributed by atoms with Crippen molar-refractivity contribution in [1.29, 1.82) is 0 Å². The second-order valence-electron chi connectivity index (χ2n) is 3.63. The van der Waals surface area contributed by atoms with E-state index < -0.39 is 5.63 Å². The molecule has 2 N–H and O–H groups in total. The molecule has 0 fully saturated rings. The van der Waals surface area contributed by atoms with E-state index in [-0.39, 0.29) is 5.75 Å². The summed E-state index contributed by atoms with van der Waals surface area (Å²) < 4.78 is 5.13. The van der Waals surface area contributed by atoms with Gasteiger partial charge in [-0.15, -0.1) is 0 Å². The van der Waals surface area contributed by atoms with Crippen molar-refractivity contribution >= 4 is 11.0 Å². The number of rotatable bonds is 1. The van der Waals surface area contributed by atoms with Crippen LogP contribution in [0.25, 0.3) is 22.2 Å². The van der Waals surface area contributed by atoms with Crippen molar-refractivity contribution in [3.05, 3.63) is 47.2 Å². The summed E-state index contributed by atoms with van der Waals surface area (Å²) in [7, 11) is 0. The molecule has 1 aromatic carbocycles. The number of H-pyrrole nitrogens is 1. The van der Waals surface area contributed by atoms with E-state index in [1.54, 1.807) is 24.4 Å². The molecule has 0 radical (unpaired) electrons. The number of fused-ring (bicyclic) bond motifs is 1. The van der Waals surface area contributed by atoms with Gasteiger partial charge < -0.3 is 14.5 Å². The lowest BCUT2D eigenvalue weighted by molar-refractivity contribution is 0.473. The molecule has 2 aromatic heterocycles. The first-order chi connectivity index (χ1) is 8.24. The Hall–Kier alpha value is -2.56. The van der Waals surface area contributed by atoms with Crippen molar-refractivity contribution in [1.82, 2.24) is 9.97 Å². The molecular weight excluding hydrogens is 220 g/mol. The number of aromatic nitrogens is 2. The summed E-state index contributed by atoms with van der Waals surface area (Å²) in [5.41, 5.74) is 0.917. The van der Waals surface area contributed by atoms with Crippen LogP contribution in [0.1, 0.15) is 0 Å². The lowest BCUT2D eigenvalue weighted by atomic mass is 10.1. The van der Waals surface area contributed by atoms with Gasteiger partial charge in [0.25, 0.3) is 0 Å². The minimum Gasteiger partial charge on any atom is -0.508 e. The molecule has 0 saturated heterocycles. The summed E-state index contributed by atoms with van der Waals surface area (Å²) in [4.78, 5) is 18.5. The predicted octanol–water partition coefficient (Wildman–Crippen LogP) is 1.89. The standard InChI is InChI=1S/C12H8N2O3/c15-8-2-1-7-3-9(10-5-13-6-14-10)12(16)17-11(7)4-8/h1-6,15H,(H,13,14). The molecule has 0 bridgehead atoms. The van der Waals surface area contributed by atoms with Gasteiger partial charge in [0.1, 0.15) is 11.3 Å². The van der Waals surface area contributed by atoms with Crippen LogP contribution in [-0.4, -0.2) is 15.1 Å². The normalized spacial score (nSPS) is 10.8. The summed E-state index contributed by atoms with van der Waals surface area (Å²) in [6.45, 7) is 0. The van der Waals surface area contributed by atoms with Gasteiger partial charge in [-0.05, 0) is 18.2 Å². The summed E-state index contributed by atoms with van der Waals surface area (Å²) in [5, 5.41) is 10.0. The van der Waals surface area contributed by atoms with E-state index in [2.05, 4.69) is 9.97 Å². The van der Waals surface area contributed by atoms with Gasteiger partial charge in [-0.25, -0.2) is 9.78 Å². The predicted molar refractivity (Wildman–Crippen MR) is 61.7 cm³/mol. The van der Waals surface area contributed by atoms with E-state index in [0.717, 1.165) is 5.39 Å². The third kappa shape index (κ3) is 1.57. The first-order valence-electron chi connectivity index (χ1n) is 5.00. The van der Waals surface area contributed by atoms with Gasteiger partial charge in [0, 0.05) is 11.5 Å². The highest BCUT2D eigenvalue weighted by Crippen LogP contribution is 2.22. The minimum absolute atomic E-state index is 0.0648. The average Bonchev–Trinajstić information content (AvgIpc) is 2.81. The van der Waals surface area contributed by atoms with Crippen molar-refractivity contribution in [2.75, 3.05) is 0 Å². The third-order valence-corrected chi connectivity index (χ3v) is 2.51. The quantitative estimate of drug-likeness (QED) is 0.623. The number of aromatic amines is 1. The van der Waals surface area contributed by atoms with Crippen LogP contribution in [0.5, 0.6) is 5.75 Å². The fourth-order valence-electron chi connectivity index (χ4n) is 1.69. The molecule has 0 atom stereocenters. The molecule has 3 aromatic rings. The molecule has 0 amide bonds. The summed E-state index contributed by atoms with van der Waals surface area (Å²) >= 11 is 0. The Morgan fingerprint density at radius 2 is 2.18 bits per heavy atom. The number of imidazole rings is 1. The van der Waals surface area contributed by atoms with Crippen LogP contribution in [0.3, 0.4) is 0 Å². The number of hydrogen-bond donors (Lipinski definition) is 2. The van der Waals surface area contributed by atoms with Gasteiger partial charge in [0.15, 0.2) is 0 Å². The SMILES string of the molecule is O=c1oc2cc(O)ccc2cc1-c1cnc[nH]1. The molecule has 5 nitrogen and oxygen atoms in total. The Bertz CT molecular complexity index is 729. The first kappa shape index (κ1) is 9.65. The molecule has 0 saturated carbocycles. The van der Waals surface area contributed by atoms with E-state index in [0.29, 0.717) is 16.8 Å². The lowest BCUT2D eigenvalue weighted by Gasteiger charge is -2.00. The zero-order chi connectivity index (χ0) is 11.8. The largest absolute Gasteiger partial charge is 0.508 e. The number of aromatic hydroxyl groups is 1. The van der Waals surface area contributed by atoms with E-state index in [9.17, 15) is 9.90 Å². The van der Waals surface area contributed by atoms with Gasteiger partial charge in [0.05, 0.1) is 23.8 Å². The highest BCUT2D eigenvalue weighted by Gasteiger charge is 2.08. The Kier molecular flexibility index (Phi) is 1.98. The Balaban J connectivity index is 2.32. The van der Waals surface area contributed by atoms with Crippen molar-refractivity contribution in [3.63, 3.8) is 0 Å². The molecular formula is C12H8N2O3. The smallest absolute Gasteiger partial charge is 0.345 e. The van der Waals surface area contributed by atoms with E-state index in [1.165, 1.54) is 12.4 Å². The highest BCUT2D eigenvalue weighted by atomic mass is 16.4. The van der Waals surface area contributed by atoms with E-state index in [1.807, 2.05) is 0 Å². The maximum Gasteiger partial charge on any atom is 0.345 e. The number of benzene rings is 1. The molecule has 5 heteroatoms. The van der Waals surface area contributed by atoms with Gasteiger partial charge in [-0.2, -0.15) is 0 Å². The zero-order valence-electron chi connectivity index (χ0n) is 8.68. The van der Waals surface area contributed by atoms with E-state index >= 15 is 0 Å². The monoisotopic (exact) mass is 228 g/mol. The maximum atomic E-state index is 11.7. The Morgan fingerprint density at radius 1 is 1.29 bits per heavy atom. The number of phenols is 1. The first-order valence-corrected chi connectivity index (χ1v) is 5.00. The third-order valence-electron chi connectivity index (χ3n) is 2.51.